The highest BCUT2D eigenvalue weighted by molar-refractivity contribution is 5.97. The van der Waals surface area contributed by atoms with Crippen molar-refractivity contribution in [1.29, 1.82) is 0 Å². The van der Waals surface area contributed by atoms with E-state index < -0.39 is 134 Å². The number of phenols is 1. The molecule has 4 rings (SSSR count). The fraction of sp³-hybridized carbons (Fsp3) is 0.636. The number of fused-ring (bicyclic) bond motifs is 2. The molecule has 0 saturated carbocycles. The maximum absolute atomic E-state index is 13.8. The summed E-state index contributed by atoms with van der Waals surface area (Å²) in [6.45, 7) is 0.855. The standard InChI is InChI=1S/C33H49N7O14/c1-13-10-40-25(26(13)47)31(52)38-29(50)22(46)9-18(34)27(48)36-23(14(2)42)33(54)39-11-17(44)8-20(39)28(49)37-24(30(51)35-19(12-41)32(40)53)21(45)7-15-3-5-16(43)6-4-15/h3-6,13-14,17-26,29,41-47,50H,7-12,34H2,1-2H3,(H,35,51)(H,36,48)(H,37,49)(H,38,52)/t13-,14+,17+,18-,19-,20-,21-,22+,23-,24-,25-,26-,29+/m0/s1. The van der Waals surface area contributed by atoms with E-state index in [1.807, 2.05) is 0 Å². The molecule has 3 heterocycles. The molecule has 21 heteroatoms. The van der Waals surface area contributed by atoms with E-state index in [4.69, 9.17) is 5.73 Å². The Hall–Kier alpha value is -4.48. The molecule has 1 aromatic carbocycles. The molecule has 3 aliphatic heterocycles. The van der Waals surface area contributed by atoms with Crippen LogP contribution in [0.15, 0.2) is 24.3 Å². The lowest BCUT2D eigenvalue weighted by Crippen LogP contribution is -2.63. The lowest BCUT2D eigenvalue weighted by Gasteiger charge is -2.32. The van der Waals surface area contributed by atoms with Gasteiger partial charge in [-0.1, -0.05) is 19.1 Å². The van der Waals surface area contributed by atoms with Gasteiger partial charge in [-0.3, -0.25) is 28.8 Å². The Kier molecular flexibility index (Phi) is 13.9. The highest BCUT2D eigenvalue weighted by Crippen LogP contribution is 2.26. The van der Waals surface area contributed by atoms with Gasteiger partial charge in [0.2, 0.25) is 35.4 Å². The molecule has 300 valence electrons. The van der Waals surface area contributed by atoms with E-state index in [9.17, 15) is 69.6 Å². The van der Waals surface area contributed by atoms with Gasteiger partial charge in [-0.15, -0.1) is 0 Å². The summed E-state index contributed by atoms with van der Waals surface area (Å²) in [5.41, 5.74) is 6.32. The van der Waals surface area contributed by atoms with Crippen LogP contribution in [0.2, 0.25) is 0 Å². The van der Waals surface area contributed by atoms with Gasteiger partial charge in [-0.05, 0) is 24.6 Å². The van der Waals surface area contributed by atoms with Crippen LogP contribution in [0.3, 0.4) is 0 Å². The van der Waals surface area contributed by atoms with Crippen LogP contribution in [0.4, 0.5) is 0 Å². The van der Waals surface area contributed by atoms with Crippen molar-refractivity contribution >= 4 is 35.4 Å². The zero-order valence-corrected chi connectivity index (χ0v) is 29.6. The van der Waals surface area contributed by atoms with Crippen LogP contribution in [-0.2, 0) is 35.2 Å². The van der Waals surface area contributed by atoms with Crippen molar-refractivity contribution in [3.63, 3.8) is 0 Å². The second-order valence-electron chi connectivity index (χ2n) is 14.1. The smallest absolute Gasteiger partial charge is 0.248 e. The first-order chi connectivity index (χ1) is 25.3. The first kappa shape index (κ1) is 42.3. The largest absolute Gasteiger partial charge is 0.508 e. The first-order valence-electron chi connectivity index (χ1n) is 17.4. The zero-order chi connectivity index (χ0) is 40.2. The number of nitrogens with zero attached hydrogens (tertiary/aromatic N) is 2. The predicted octanol–water partition coefficient (Wildman–Crippen LogP) is -7.18. The van der Waals surface area contributed by atoms with Crippen molar-refractivity contribution in [2.75, 3.05) is 19.7 Å². The Balaban J connectivity index is 1.75. The number of aromatic hydroxyl groups is 1. The Morgan fingerprint density at radius 1 is 0.796 bits per heavy atom. The maximum Gasteiger partial charge on any atom is 0.248 e. The molecule has 3 fully saturated rings. The molecule has 13 atom stereocenters. The van der Waals surface area contributed by atoms with Crippen molar-refractivity contribution in [2.24, 2.45) is 11.7 Å². The molecular formula is C33H49N7O14. The Morgan fingerprint density at radius 2 is 1.43 bits per heavy atom. The third kappa shape index (κ3) is 9.60. The number of carbonyl (C=O) groups is 6. The number of aliphatic hydroxyl groups excluding tert-OH is 7. The molecule has 0 unspecified atom stereocenters. The van der Waals surface area contributed by atoms with Gasteiger partial charge < -0.3 is 77.7 Å². The van der Waals surface area contributed by atoms with Crippen molar-refractivity contribution in [3.8, 4) is 5.75 Å². The average molecular weight is 768 g/mol. The molecule has 21 nitrogen and oxygen atoms in total. The minimum atomic E-state index is -2.10. The molecule has 0 aliphatic carbocycles. The second-order valence-corrected chi connectivity index (χ2v) is 14.1. The molecule has 14 N–H and O–H groups in total. The fourth-order valence-electron chi connectivity index (χ4n) is 6.73. The van der Waals surface area contributed by atoms with E-state index in [2.05, 4.69) is 21.3 Å². The number of hydrogen-bond acceptors (Lipinski definition) is 15. The van der Waals surface area contributed by atoms with E-state index in [0.29, 0.717) is 5.56 Å². The molecule has 1 aromatic rings. The molecule has 0 bridgehead atoms. The van der Waals surface area contributed by atoms with Gasteiger partial charge in [0.05, 0.1) is 37.1 Å². The van der Waals surface area contributed by atoms with Gasteiger partial charge >= 0.3 is 0 Å². The van der Waals surface area contributed by atoms with Gasteiger partial charge in [0, 0.05) is 38.3 Å². The summed E-state index contributed by atoms with van der Waals surface area (Å²) in [6, 6.07) is -4.88. The van der Waals surface area contributed by atoms with Gasteiger partial charge in [0.25, 0.3) is 0 Å². The zero-order valence-electron chi connectivity index (χ0n) is 29.6. The lowest BCUT2D eigenvalue weighted by molar-refractivity contribution is -0.147. The van der Waals surface area contributed by atoms with Crippen LogP contribution in [0.5, 0.6) is 5.75 Å². The van der Waals surface area contributed by atoms with Crippen LogP contribution >= 0.6 is 0 Å². The number of nitrogens with two attached hydrogens (primary N) is 1. The normalized spacial score (nSPS) is 34.8. The van der Waals surface area contributed by atoms with Crippen molar-refractivity contribution in [1.82, 2.24) is 31.1 Å². The summed E-state index contributed by atoms with van der Waals surface area (Å²) in [6.07, 6.45) is -11.6. The Morgan fingerprint density at radius 3 is 2.04 bits per heavy atom. The van der Waals surface area contributed by atoms with Crippen LogP contribution in [0.25, 0.3) is 0 Å². The van der Waals surface area contributed by atoms with Crippen LogP contribution in [0.1, 0.15) is 32.3 Å². The fourth-order valence-corrected chi connectivity index (χ4v) is 6.73. The molecule has 0 aromatic heterocycles. The summed E-state index contributed by atoms with van der Waals surface area (Å²) < 4.78 is 0. The van der Waals surface area contributed by atoms with E-state index in [1.165, 1.54) is 31.2 Å². The number of aliphatic hydroxyl groups is 7. The number of amides is 6. The van der Waals surface area contributed by atoms with E-state index >= 15 is 0 Å². The quantitative estimate of drug-likeness (QED) is 0.132. The monoisotopic (exact) mass is 767 g/mol. The minimum absolute atomic E-state index is 0.0982. The highest BCUT2D eigenvalue weighted by Gasteiger charge is 2.49. The summed E-state index contributed by atoms with van der Waals surface area (Å²) in [4.78, 5) is 83.3. The maximum atomic E-state index is 13.8. The number of rotatable bonds is 5. The Bertz CT molecular complexity index is 1550. The lowest BCUT2D eigenvalue weighted by atomic mass is 10.00. The van der Waals surface area contributed by atoms with E-state index in [1.54, 1.807) is 0 Å². The molecule has 3 saturated heterocycles. The van der Waals surface area contributed by atoms with Crippen LogP contribution < -0.4 is 27.0 Å². The summed E-state index contributed by atoms with van der Waals surface area (Å²) in [5.74, 6) is -7.50. The second kappa shape index (κ2) is 17.8. The molecule has 54 heavy (non-hydrogen) atoms. The third-order valence-corrected chi connectivity index (χ3v) is 9.82. The van der Waals surface area contributed by atoms with Crippen molar-refractivity contribution < 1.29 is 69.6 Å². The number of nitrogens with one attached hydrogen (secondary N) is 4. The SMILES string of the molecule is C[C@@H](O)[C@@H]1NC(=O)[C@@H](N)C[C@@H](O)[C@@H](O)NC(=O)[C@@H]2[C@@H](O)[C@@H](C)CN2C(=O)[C@H](CO)NC(=O)[C@H]([C@@H](O)Cc2ccc(O)cc2)NC(=O)[C@@H]2C[C@@H](O)CN2C1=O. The van der Waals surface area contributed by atoms with Crippen LogP contribution in [-0.4, -0.2) is 179 Å². The molecule has 0 spiro atoms. The number of phenolic OH excluding ortho intramolecular Hbond substituents is 1. The number of hydrogen-bond donors (Lipinski definition) is 13. The van der Waals surface area contributed by atoms with Gasteiger partial charge in [-0.2, -0.15) is 0 Å². The van der Waals surface area contributed by atoms with Gasteiger partial charge in [-0.25, -0.2) is 0 Å². The number of carbonyl (C=O) groups excluding carboxylic acids is 6. The first-order valence-corrected chi connectivity index (χ1v) is 17.4. The summed E-state index contributed by atoms with van der Waals surface area (Å²) in [7, 11) is 0. The topological polar surface area (TPSA) is 345 Å². The van der Waals surface area contributed by atoms with Crippen molar-refractivity contribution in [3.05, 3.63) is 29.8 Å². The summed E-state index contributed by atoms with van der Waals surface area (Å²) in [5, 5.41) is 93.2. The highest BCUT2D eigenvalue weighted by atomic mass is 16.3. The number of benzene rings is 1. The Labute approximate surface area is 309 Å². The average Bonchev–Trinajstić information content (AvgIpc) is 3.66. The van der Waals surface area contributed by atoms with Gasteiger partial charge in [0.1, 0.15) is 42.1 Å². The summed E-state index contributed by atoms with van der Waals surface area (Å²) >= 11 is 0. The molecule has 3 aliphatic rings. The molecule has 0 radical (unpaired) electrons. The molecule has 6 amide bonds. The van der Waals surface area contributed by atoms with E-state index in [-0.39, 0.29) is 25.1 Å². The predicted molar refractivity (Wildman–Crippen MR) is 182 cm³/mol. The van der Waals surface area contributed by atoms with Gasteiger partial charge in [0.15, 0.2) is 6.23 Å². The molecular weight excluding hydrogens is 718 g/mol. The van der Waals surface area contributed by atoms with Crippen LogP contribution in [0, 0.1) is 5.92 Å². The third-order valence-electron chi connectivity index (χ3n) is 9.82. The van der Waals surface area contributed by atoms with Crippen molar-refractivity contribution in [2.45, 2.75) is 106 Å². The minimum Gasteiger partial charge on any atom is -0.508 e. The van der Waals surface area contributed by atoms with E-state index in [0.717, 1.165) is 16.7 Å².